The summed E-state index contributed by atoms with van der Waals surface area (Å²) in [5.41, 5.74) is 0. The van der Waals surface area contributed by atoms with Crippen LogP contribution < -0.4 is 5.32 Å². The molecule has 7 heteroatoms. The van der Waals surface area contributed by atoms with Crippen molar-refractivity contribution in [1.82, 2.24) is 19.6 Å². The summed E-state index contributed by atoms with van der Waals surface area (Å²) in [4.78, 5) is 8.11. The number of hydrogen-bond donors (Lipinski definition) is 1. The molecular weight excluding hydrogens is 266 g/mol. The molecule has 0 amide bonds. The van der Waals surface area contributed by atoms with Crippen molar-refractivity contribution in [3.8, 4) is 0 Å². The van der Waals surface area contributed by atoms with E-state index in [0.717, 1.165) is 31.8 Å². The second-order valence-electron chi connectivity index (χ2n) is 4.64. The van der Waals surface area contributed by atoms with Crippen molar-refractivity contribution in [2.45, 2.75) is 31.8 Å². The highest BCUT2D eigenvalue weighted by molar-refractivity contribution is 6.29. The summed E-state index contributed by atoms with van der Waals surface area (Å²) >= 11 is 5.95. The fourth-order valence-electron chi connectivity index (χ4n) is 2.31. The van der Waals surface area contributed by atoms with Gasteiger partial charge in [-0.25, -0.2) is 0 Å². The Bertz CT molecular complexity index is 552. The average Bonchev–Trinajstić information content (AvgIpc) is 2.88. The quantitative estimate of drug-likeness (QED) is 0.870. The number of hydrogen-bond acceptors (Lipinski definition) is 5. The van der Waals surface area contributed by atoms with Crippen LogP contribution in [0.1, 0.15) is 25.7 Å². The summed E-state index contributed by atoms with van der Waals surface area (Å²) in [7, 11) is 0. The Labute approximate surface area is 116 Å². The zero-order valence-corrected chi connectivity index (χ0v) is 11.3. The lowest BCUT2D eigenvalue weighted by atomic mass is 10.1. The van der Waals surface area contributed by atoms with Gasteiger partial charge in [0.1, 0.15) is 17.3 Å². The van der Waals surface area contributed by atoms with Gasteiger partial charge >= 0.3 is 0 Å². The first-order chi connectivity index (χ1) is 9.33. The second-order valence-corrected chi connectivity index (χ2v) is 5.03. The molecule has 0 saturated carbocycles. The molecule has 6 nitrogen and oxygen atoms in total. The monoisotopic (exact) mass is 281 g/mol. The molecule has 0 radical (unpaired) electrons. The first-order valence-electron chi connectivity index (χ1n) is 6.55. The number of nitrogens with zero attached hydrogens (tertiary/aromatic N) is 4. The molecule has 1 aliphatic rings. The smallest absolute Gasteiger partial charge is 0.255 e. The van der Waals surface area contributed by atoms with Crippen LogP contribution in [0.15, 0.2) is 12.4 Å². The molecule has 1 aliphatic heterocycles. The zero-order valence-electron chi connectivity index (χ0n) is 10.5. The summed E-state index contributed by atoms with van der Waals surface area (Å²) in [6, 6.07) is 1.75. The molecule has 2 aromatic heterocycles. The van der Waals surface area contributed by atoms with Crippen LogP contribution in [-0.2, 0) is 4.74 Å². The van der Waals surface area contributed by atoms with Gasteiger partial charge in [0, 0.05) is 19.2 Å². The minimum atomic E-state index is 0.366. The van der Waals surface area contributed by atoms with Crippen LogP contribution in [0.2, 0.25) is 5.15 Å². The van der Waals surface area contributed by atoms with Gasteiger partial charge in [0.25, 0.3) is 5.78 Å². The van der Waals surface area contributed by atoms with Gasteiger partial charge in [-0.1, -0.05) is 11.6 Å². The predicted octanol–water partition coefficient (Wildman–Crippen LogP) is 2.15. The second kappa shape index (κ2) is 5.71. The van der Waals surface area contributed by atoms with E-state index in [2.05, 4.69) is 20.4 Å². The minimum absolute atomic E-state index is 0.366. The molecule has 2 aromatic rings. The van der Waals surface area contributed by atoms with Gasteiger partial charge in [-0.2, -0.15) is 19.6 Å². The molecule has 19 heavy (non-hydrogen) atoms. The van der Waals surface area contributed by atoms with E-state index in [4.69, 9.17) is 16.3 Å². The van der Waals surface area contributed by atoms with E-state index in [1.807, 2.05) is 0 Å². The Hall–Kier alpha value is -1.40. The van der Waals surface area contributed by atoms with Gasteiger partial charge in [0.05, 0.1) is 6.10 Å². The third kappa shape index (κ3) is 2.96. The van der Waals surface area contributed by atoms with Crippen molar-refractivity contribution in [1.29, 1.82) is 0 Å². The van der Waals surface area contributed by atoms with Gasteiger partial charge in [-0.3, -0.25) is 0 Å². The maximum Gasteiger partial charge on any atom is 0.255 e. The summed E-state index contributed by atoms with van der Waals surface area (Å²) in [5, 5.41) is 7.85. The standard InChI is InChI=1S/C12H16ClN5O/c13-10-7-11(18-12(17-10)15-8-16-18)14-5-4-9-3-1-2-6-19-9/h7-9,14H,1-6H2. The average molecular weight is 282 g/mol. The number of aromatic nitrogens is 4. The Morgan fingerprint density at radius 3 is 3.26 bits per heavy atom. The van der Waals surface area contributed by atoms with Crippen LogP contribution in [0.4, 0.5) is 5.82 Å². The molecule has 1 unspecified atom stereocenters. The van der Waals surface area contributed by atoms with Crippen LogP contribution in [0.3, 0.4) is 0 Å². The SMILES string of the molecule is Clc1cc(NCCC2CCCCO2)n2ncnc2n1. The number of ether oxygens (including phenoxy) is 1. The van der Waals surface area contributed by atoms with E-state index in [1.54, 1.807) is 10.6 Å². The highest BCUT2D eigenvalue weighted by Gasteiger charge is 2.13. The Balaban J connectivity index is 1.63. The Morgan fingerprint density at radius 1 is 1.47 bits per heavy atom. The van der Waals surface area contributed by atoms with Crippen molar-refractivity contribution in [2.75, 3.05) is 18.5 Å². The molecule has 3 rings (SSSR count). The predicted molar refractivity (Wildman–Crippen MR) is 72.5 cm³/mol. The zero-order chi connectivity index (χ0) is 13.1. The largest absolute Gasteiger partial charge is 0.378 e. The molecule has 0 aromatic carbocycles. The molecule has 0 aliphatic carbocycles. The first kappa shape index (κ1) is 12.6. The van der Waals surface area contributed by atoms with Crippen LogP contribution in [0.25, 0.3) is 5.78 Å². The van der Waals surface area contributed by atoms with Crippen molar-refractivity contribution < 1.29 is 4.74 Å². The number of rotatable bonds is 4. The summed E-state index contributed by atoms with van der Waals surface area (Å²) in [5.74, 6) is 1.31. The van der Waals surface area contributed by atoms with Gasteiger partial charge < -0.3 is 10.1 Å². The lowest BCUT2D eigenvalue weighted by Gasteiger charge is -2.22. The van der Waals surface area contributed by atoms with Crippen molar-refractivity contribution in [2.24, 2.45) is 0 Å². The molecular formula is C12H16ClN5O. The van der Waals surface area contributed by atoms with Gasteiger partial charge in [0.15, 0.2) is 0 Å². The van der Waals surface area contributed by atoms with Crippen molar-refractivity contribution in [3.63, 3.8) is 0 Å². The van der Waals surface area contributed by atoms with E-state index < -0.39 is 0 Å². The van der Waals surface area contributed by atoms with Crippen LogP contribution in [-0.4, -0.2) is 38.8 Å². The van der Waals surface area contributed by atoms with E-state index >= 15 is 0 Å². The van der Waals surface area contributed by atoms with E-state index in [1.165, 1.54) is 19.2 Å². The number of anilines is 1. The molecule has 1 atom stereocenters. The number of halogens is 1. The topological polar surface area (TPSA) is 64.3 Å². The number of fused-ring (bicyclic) bond motifs is 1. The van der Waals surface area contributed by atoms with E-state index in [9.17, 15) is 0 Å². The van der Waals surface area contributed by atoms with Gasteiger partial charge in [0.2, 0.25) is 0 Å². The number of nitrogens with one attached hydrogen (secondary N) is 1. The fraction of sp³-hybridized carbons (Fsp3) is 0.583. The lowest BCUT2D eigenvalue weighted by Crippen LogP contribution is -2.22. The molecule has 1 saturated heterocycles. The fourth-order valence-corrected chi connectivity index (χ4v) is 2.48. The molecule has 102 valence electrons. The lowest BCUT2D eigenvalue weighted by molar-refractivity contribution is 0.0134. The Kier molecular flexibility index (Phi) is 3.79. The Morgan fingerprint density at radius 2 is 2.42 bits per heavy atom. The van der Waals surface area contributed by atoms with Crippen LogP contribution in [0.5, 0.6) is 0 Å². The summed E-state index contributed by atoms with van der Waals surface area (Å²) in [6.45, 7) is 1.71. The van der Waals surface area contributed by atoms with Gasteiger partial charge in [-0.15, -0.1) is 0 Å². The molecule has 3 heterocycles. The van der Waals surface area contributed by atoms with E-state index in [0.29, 0.717) is 17.0 Å². The minimum Gasteiger partial charge on any atom is -0.378 e. The molecule has 0 spiro atoms. The highest BCUT2D eigenvalue weighted by atomic mass is 35.5. The summed E-state index contributed by atoms with van der Waals surface area (Å²) < 4.78 is 7.35. The third-order valence-electron chi connectivity index (χ3n) is 3.27. The maximum atomic E-state index is 5.95. The van der Waals surface area contributed by atoms with Crippen LogP contribution >= 0.6 is 11.6 Å². The normalized spacial score (nSPS) is 19.7. The van der Waals surface area contributed by atoms with Crippen LogP contribution in [0, 0.1) is 0 Å². The molecule has 1 fully saturated rings. The molecule has 0 bridgehead atoms. The third-order valence-corrected chi connectivity index (χ3v) is 3.46. The first-order valence-corrected chi connectivity index (χ1v) is 6.92. The molecule has 1 N–H and O–H groups in total. The maximum absolute atomic E-state index is 5.95. The van der Waals surface area contributed by atoms with E-state index in [-0.39, 0.29) is 0 Å². The highest BCUT2D eigenvalue weighted by Crippen LogP contribution is 2.17. The summed E-state index contributed by atoms with van der Waals surface area (Å²) in [6.07, 6.45) is 6.41. The van der Waals surface area contributed by atoms with Crippen molar-refractivity contribution >= 4 is 23.2 Å². The van der Waals surface area contributed by atoms with Gasteiger partial charge in [-0.05, 0) is 25.7 Å². The van der Waals surface area contributed by atoms with Crippen molar-refractivity contribution in [3.05, 3.63) is 17.5 Å².